The molecule has 40 heavy (non-hydrogen) atoms. The van der Waals surface area contributed by atoms with Crippen molar-refractivity contribution in [3.8, 4) is 11.5 Å². The highest BCUT2D eigenvalue weighted by atomic mass is 35.5. The van der Waals surface area contributed by atoms with Gasteiger partial charge in [-0.2, -0.15) is 0 Å². The maximum absolute atomic E-state index is 13.2. The lowest BCUT2D eigenvalue weighted by Crippen LogP contribution is -2.52. The van der Waals surface area contributed by atoms with Crippen LogP contribution in [0.4, 0.5) is 5.69 Å². The Morgan fingerprint density at radius 1 is 1.05 bits per heavy atom. The molecule has 0 aromatic heterocycles. The van der Waals surface area contributed by atoms with E-state index in [2.05, 4.69) is 10.0 Å². The van der Waals surface area contributed by atoms with E-state index in [0.717, 1.165) is 5.56 Å². The van der Waals surface area contributed by atoms with E-state index >= 15 is 0 Å². The molecular weight excluding hydrogens is 558 g/mol. The first-order chi connectivity index (χ1) is 19.3. The summed E-state index contributed by atoms with van der Waals surface area (Å²) in [4.78, 5) is 27.5. The van der Waals surface area contributed by atoms with E-state index in [1.165, 1.54) is 30.2 Å². The van der Waals surface area contributed by atoms with E-state index < -0.39 is 28.6 Å². The Labute approximate surface area is 238 Å². The van der Waals surface area contributed by atoms with Gasteiger partial charge in [-0.25, -0.2) is 13.1 Å². The molecule has 12 heteroatoms. The number of methoxy groups -OCH3 is 1. The minimum Gasteiger partial charge on any atom is -0.482 e. The Bertz CT molecular complexity index is 1440. The molecule has 1 heterocycles. The summed E-state index contributed by atoms with van der Waals surface area (Å²) in [5, 5.41) is 2.91. The van der Waals surface area contributed by atoms with Crippen LogP contribution in [0.25, 0.3) is 0 Å². The lowest BCUT2D eigenvalue weighted by Gasteiger charge is -2.34. The molecule has 0 radical (unpaired) electrons. The fraction of sp³-hybridized carbons (Fsp3) is 0.286. The molecule has 0 fully saturated rings. The number of amides is 2. The number of carbonyl (C=O) groups excluding carboxylic acids is 2. The average molecular weight is 588 g/mol. The van der Waals surface area contributed by atoms with Crippen LogP contribution in [0.2, 0.25) is 5.02 Å². The van der Waals surface area contributed by atoms with Crippen LogP contribution in [0.15, 0.2) is 77.7 Å². The Balaban J connectivity index is 1.39. The number of benzene rings is 3. The molecule has 1 aliphatic rings. The van der Waals surface area contributed by atoms with Gasteiger partial charge in [0.25, 0.3) is 11.8 Å². The summed E-state index contributed by atoms with van der Waals surface area (Å²) < 4.78 is 43.6. The van der Waals surface area contributed by atoms with Gasteiger partial charge in [-0.15, -0.1) is 0 Å². The van der Waals surface area contributed by atoms with Gasteiger partial charge in [-0.3, -0.25) is 9.59 Å². The molecule has 0 spiro atoms. The van der Waals surface area contributed by atoms with Crippen molar-refractivity contribution in [1.82, 2.24) is 10.0 Å². The van der Waals surface area contributed by atoms with E-state index in [0.29, 0.717) is 24.4 Å². The number of hydrogen-bond donors (Lipinski definition) is 2. The molecule has 0 bridgehead atoms. The van der Waals surface area contributed by atoms with Crippen molar-refractivity contribution in [2.45, 2.75) is 17.4 Å². The first-order valence-electron chi connectivity index (χ1n) is 12.6. The zero-order valence-electron chi connectivity index (χ0n) is 21.8. The molecule has 3 aromatic carbocycles. The molecule has 0 saturated heterocycles. The maximum atomic E-state index is 13.2. The number of carbonyl (C=O) groups is 2. The second kappa shape index (κ2) is 13.6. The second-order valence-corrected chi connectivity index (χ2v) is 11.1. The molecule has 0 aliphatic carbocycles. The predicted molar refractivity (Wildman–Crippen MR) is 150 cm³/mol. The van der Waals surface area contributed by atoms with Gasteiger partial charge in [0.1, 0.15) is 11.5 Å². The third-order valence-electron chi connectivity index (χ3n) is 6.09. The van der Waals surface area contributed by atoms with E-state index in [4.69, 9.17) is 25.8 Å². The normalized spacial score (nSPS) is 14.7. The van der Waals surface area contributed by atoms with Crippen molar-refractivity contribution in [1.29, 1.82) is 0 Å². The van der Waals surface area contributed by atoms with E-state index in [1.807, 2.05) is 30.3 Å². The van der Waals surface area contributed by atoms with Gasteiger partial charge in [-0.1, -0.05) is 54.1 Å². The number of anilines is 1. The summed E-state index contributed by atoms with van der Waals surface area (Å²) in [6.45, 7) is 0.351. The summed E-state index contributed by atoms with van der Waals surface area (Å²) >= 11 is 6.26. The highest BCUT2D eigenvalue weighted by Gasteiger charge is 2.34. The number of nitrogens with one attached hydrogen (secondary N) is 2. The summed E-state index contributed by atoms with van der Waals surface area (Å²) in [7, 11) is -2.32. The smallest absolute Gasteiger partial charge is 0.265 e. The van der Waals surface area contributed by atoms with Crippen molar-refractivity contribution >= 4 is 39.1 Å². The van der Waals surface area contributed by atoms with Crippen molar-refractivity contribution < 1.29 is 32.2 Å². The minimum absolute atomic E-state index is 0.00552. The number of hydrogen-bond acceptors (Lipinski definition) is 7. The topological polar surface area (TPSA) is 123 Å². The van der Waals surface area contributed by atoms with Gasteiger partial charge >= 0.3 is 0 Å². The van der Waals surface area contributed by atoms with Crippen molar-refractivity contribution in [3.63, 3.8) is 0 Å². The number of rotatable bonds is 12. The van der Waals surface area contributed by atoms with Gasteiger partial charge in [-0.05, 0) is 42.3 Å². The number of halogens is 1. The van der Waals surface area contributed by atoms with Crippen LogP contribution in [-0.2, 0) is 30.8 Å². The minimum atomic E-state index is -3.79. The second-order valence-electron chi connectivity index (χ2n) is 8.88. The predicted octanol–water partition coefficient (Wildman–Crippen LogP) is 2.80. The van der Waals surface area contributed by atoms with Gasteiger partial charge in [0.15, 0.2) is 12.7 Å². The number of ether oxygens (including phenoxy) is 3. The number of para-hydroxylation sites is 2. The molecule has 10 nitrogen and oxygen atoms in total. The molecule has 0 saturated carbocycles. The highest BCUT2D eigenvalue weighted by molar-refractivity contribution is 7.89. The van der Waals surface area contributed by atoms with Crippen molar-refractivity contribution in [2.75, 3.05) is 44.9 Å². The lowest BCUT2D eigenvalue weighted by atomic mass is 10.1. The SMILES string of the molecule is COCCNS(=O)(=O)c1ccc(OCC(=O)N2C[C@@H](C(=O)NCCc3ccccc3)Oc3ccccc32)c(Cl)c1. The van der Waals surface area contributed by atoms with E-state index in [1.54, 1.807) is 24.3 Å². The van der Waals surface area contributed by atoms with Crippen LogP contribution in [0.5, 0.6) is 11.5 Å². The van der Waals surface area contributed by atoms with Crippen molar-refractivity contribution in [2.24, 2.45) is 0 Å². The molecule has 4 rings (SSSR count). The first-order valence-corrected chi connectivity index (χ1v) is 14.4. The van der Waals surface area contributed by atoms with Gasteiger partial charge < -0.3 is 24.4 Å². The highest BCUT2D eigenvalue weighted by Crippen LogP contribution is 2.34. The number of fused-ring (bicyclic) bond motifs is 1. The van der Waals surface area contributed by atoms with Crippen LogP contribution < -0.4 is 24.4 Å². The number of sulfonamides is 1. The largest absolute Gasteiger partial charge is 0.482 e. The summed E-state index contributed by atoms with van der Waals surface area (Å²) in [5.74, 6) is -0.212. The molecule has 2 amide bonds. The zero-order chi connectivity index (χ0) is 28.5. The fourth-order valence-electron chi connectivity index (χ4n) is 4.04. The van der Waals surface area contributed by atoms with Gasteiger partial charge in [0, 0.05) is 20.2 Å². The molecule has 0 unspecified atom stereocenters. The van der Waals surface area contributed by atoms with Crippen LogP contribution in [0, 0.1) is 0 Å². The summed E-state index contributed by atoms with van der Waals surface area (Å²) in [5.41, 5.74) is 1.61. The van der Waals surface area contributed by atoms with Crippen molar-refractivity contribution in [3.05, 3.63) is 83.4 Å². The quantitative estimate of drug-likeness (QED) is 0.312. The molecule has 1 atom stereocenters. The molecule has 1 aliphatic heterocycles. The van der Waals surface area contributed by atoms with Gasteiger partial charge in [0.2, 0.25) is 10.0 Å². The monoisotopic (exact) mass is 587 g/mol. The Kier molecular flexibility index (Phi) is 9.99. The third kappa shape index (κ3) is 7.51. The third-order valence-corrected chi connectivity index (χ3v) is 7.84. The fourth-order valence-corrected chi connectivity index (χ4v) is 5.38. The van der Waals surface area contributed by atoms with E-state index in [-0.39, 0.29) is 41.3 Å². The first kappa shape index (κ1) is 29.3. The maximum Gasteiger partial charge on any atom is 0.265 e. The molecule has 3 aromatic rings. The van der Waals surface area contributed by atoms with Gasteiger partial charge in [0.05, 0.1) is 28.8 Å². The van der Waals surface area contributed by atoms with Crippen LogP contribution in [0.1, 0.15) is 5.56 Å². The average Bonchev–Trinajstić information content (AvgIpc) is 2.96. The summed E-state index contributed by atoms with van der Waals surface area (Å²) in [6.07, 6.45) is -0.246. The Morgan fingerprint density at radius 2 is 1.80 bits per heavy atom. The Hall–Kier alpha value is -3.64. The molecular formula is C28H30ClN3O7S. The van der Waals surface area contributed by atoms with E-state index in [9.17, 15) is 18.0 Å². The Morgan fingerprint density at radius 3 is 2.55 bits per heavy atom. The van der Waals surface area contributed by atoms with Crippen LogP contribution in [-0.4, -0.2) is 66.3 Å². The number of nitrogens with zero attached hydrogens (tertiary/aromatic N) is 1. The lowest BCUT2D eigenvalue weighted by molar-refractivity contribution is -0.128. The van der Waals surface area contributed by atoms with Crippen LogP contribution in [0.3, 0.4) is 0 Å². The molecule has 2 N–H and O–H groups in total. The van der Waals surface area contributed by atoms with Crippen LogP contribution >= 0.6 is 11.6 Å². The zero-order valence-corrected chi connectivity index (χ0v) is 23.4. The molecule has 212 valence electrons. The standard InChI is InChI=1S/C28H30ClN3O7S/c1-37-16-15-31-40(35,36)21-11-12-24(22(29)17-21)38-19-27(33)32-18-26(39-25-10-6-5-9-23(25)32)28(34)30-14-13-20-7-3-2-4-8-20/h2-12,17,26,31H,13-16,18-19H2,1H3,(H,30,34)/t26-/m0/s1. The summed E-state index contributed by atoms with van der Waals surface area (Å²) in [6, 6.07) is 20.7.